The minimum absolute atomic E-state index is 0.450. The van der Waals surface area contributed by atoms with Crippen LogP contribution in [0.1, 0.15) is 47.4 Å². The number of aldehydes is 1. The van der Waals surface area contributed by atoms with Gasteiger partial charge in [-0.1, -0.05) is 24.3 Å². The van der Waals surface area contributed by atoms with Crippen molar-refractivity contribution >= 4 is 6.29 Å². The first kappa shape index (κ1) is 11.1. The largest absolute Gasteiger partial charge is 0.296 e. The van der Waals surface area contributed by atoms with Gasteiger partial charge < -0.3 is 0 Å². The molecule has 92 valence electrons. The molecule has 0 N–H and O–H groups in total. The normalized spacial score (nSPS) is 14.7. The van der Waals surface area contributed by atoms with Crippen LogP contribution in [-0.4, -0.2) is 21.3 Å². The molecule has 0 aliphatic heterocycles. The zero-order valence-corrected chi connectivity index (χ0v) is 10.3. The number of aryl methyl sites for hydroxylation is 1. The van der Waals surface area contributed by atoms with Crippen molar-refractivity contribution in [1.29, 1.82) is 0 Å². The van der Waals surface area contributed by atoms with Crippen LogP contribution >= 0.6 is 0 Å². The Hall–Kier alpha value is -1.97. The Bertz CT molecular complexity index is 567. The Morgan fingerprint density at radius 1 is 1.33 bits per heavy atom. The molecule has 1 heterocycles. The van der Waals surface area contributed by atoms with Crippen LogP contribution in [0.5, 0.6) is 0 Å². The molecule has 18 heavy (non-hydrogen) atoms. The van der Waals surface area contributed by atoms with Crippen LogP contribution in [0.25, 0.3) is 5.69 Å². The lowest BCUT2D eigenvalue weighted by molar-refractivity contribution is 0.111. The molecule has 0 atom stereocenters. The van der Waals surface area contributed by atoms with Crippen LogP contribution in [-0.2, 0) is 6.42 Å². The van der Waals surface area contributed by atoms with Gasteiger partial charge in [0.05, 0.1) is 11.4 Å². The maximum Gasteiger partial charge on any atom is 0.172 e. The summed E-state index contributed by atoms with van der Waals surface area (Å²) in [4.78, 5) is 11.0. The van der Waals surface area contributed by atoms with Gasteiger partial charge in [-0.3, -0.25) is 4.79 Å². The maximum absolute atomic E-state index is 11.0. The van der Waals surface area contributed by atoms with Gasteiger partial charge in [0.2, 0.25) is 0 Å². The monoisotopic (exact) mass is 241 g/mol. The van der Waals surface area contributed by atoms with E-state index in [1.165, 1.54) is 5.56 Å². The number of hydrogen-bond donors (Lipinski definition) is 0. The Labute approximate surface area is 106 Å². The molecule has 0 saturated heterocycles. The second-order valence-corrected chi connectivity index (χ2v) is 4.68. The lowest BCUT2D eigenvalue weighted by Crippen LogP contribution is -2.02. The fourth-order valence-corrected chi connectivity index (χ4v) is 2.19. The zero-order valence-electron chi connectivity index (χ0n) is 10.3. The maximum atomic E-state index is 11.0. The summed E-state index contributed by atoms with van der Waals surface area (Å²) in [6, 6.07) is 8.25. The topological polar surface area (TPSA) is 47.8 Å². The zero-order chi connectivity index (χ0) is 12.5. The molecule has 1 aromatic heterocycles. The third-order valence-electron chi connectivity index (χ3n) is 3.40. The highest BCUT2D eigenvalue weighted by molar-refractivity contribution is 5.74. The molecule has 0 amide bonds. The third kappa shape index (κ3) is 1.83. The fourth-order valence-electron chi connectivity index (χ4n) is 2.19. The minimum Gasteiger partial charge on any atom is -0.296 e. The summed E-state index contributed by atoms with van der Waals surface area (Å²) in [5, 5.41) is 8.07. The Kier molecular flexibility index (Phi) is 2.70. The number of carbonyl (C=O) groups is 1. The van der Waals surface area contributed by atoms with E-state index in [9.17, 15) is 4.79 Å². The predicted molar refractivity (Wildman–Crippen MR) is 68.1 cm³/mol. The highest BCUT2D eigenvalue weighted by atomic mass is 16.1. The van der Waals surface area contributed by atoms with E-state index in [0.29, 0.717) is 11.6 Å². The molecule has 4 heteroatoms. The van der Waals surface area contributed by atoms with E-state index in [2.05, 4.69) is 29.4 Å². The molecule has 2 aromatic rings. The molecule has 1 aliphatic carbocycles. The molecule has 1 fully saturated rings. The summed E-state index contributed by atoms with van der Waals surface area (Å²) in [7, 11) is 0. The highest BCUT2D eigenvalue weighted by Gasteiger charge is 2.31. The van der Waals surface area contributed by atoms with E-state index < -0.39 is 0 Å². The van der Waals surface area contributed by atoms with Gasteiger partial charge in [-0.2, -0.15) is 0 Å². The van der Waals surface area contributed by atoms with Gasteiger partial charge in [-0.25, -0.2) is 4.68 Å². The molecule has 4 nitrogen and oxygen atoms in total. The van der Waals surface area contributed by atoms with Gasteiger partial charge in [0.25, 0.3) is 0 Å². The molecular weight excluding hydrogens is 226 g/mol. The number of aromatic nitrogens is 3. The standard InChI is InChI=1S/C14H15N3O/c1-2-10-3-7-12(8-4-10)17-14(11-5-6-11)13(9-18)15-16-17/h3-4,7-9,11H,2,5-6H2,1H3. The van der Waals surface area contributed by atoms with Gasteiger partial charge in [-0.05, 0) is 37.0 Å². The average molecular weight is 241 g/mol. The van der Waals surface area contributed by atoms with E-state index >= 15 is 0 Å². The summed E-state index contributed by atoms with van der Waals surface area (Å²) < 4.78 is 1.81. The van der Waals surface area contributed by atoms with Crippen molar-refractivity contribution in [1.82, 2.24) is 15.0 Å². The third-order valence-corrected chi connectivity index (χ3v) is 3.40. The van der Waals surface area contributed by atoms with Crippen molar-refractivity contribution in [2.45, 2.75) is 32.1 Å². The van der Waals surface area contributed by atoms with Crippen molar-refractivity contribution in [3.63, 3.8) is 0 Å². The number of rotatable bonds is 4. The van der Waals surface area contributed by atoms with E-state index in [1.807, 2.05) is 12.1 Å². The Morgan fingerprint density at radius 3 is 2.61 bits per heavy atom. The van der Waals surface area contributed by atoms with Crippen molar-refractivity contribution in [2.24, 2.45) is 0 Å². The Morgan fingerprint density at radius 2 is 2.06 bits per heavy atom. The molecular formula is C14H15N3O. The van der Waals surface area contributed by atoms with E-state index in [1.54, 1.807) is 4.68 Å². The lowest BCUT2D eigenvalue weighted by Gasteiger charge is -2.06. The highest BCUT2D eigenvalue weighted by Crippen LogP contribution is 2.41. The SMILES string of the molecule is CCc1ccc(-n2nnc(C=O)c2C2CC2)cc1. The molecule has 0 radical (unpaired) electrons. The van der Waals surface area contributed by atoms with Gasteiger partial charge >= 0.3 is 0 Å². The van der Waals surface area contributed by atoms with Crippen molar-refractivity contribution in [3.8, 4) is 5.69 Å². The summed E-state index contributed by atoms with van der Waals surface area (Å²) in [5.74, 6) is 0.450. The van der Waals surface area contributed by atoms with Crippen molar-refractivity contribution < 1.29 is 4.79 Å². The van der Waals surface area contributed by atoms with Crippen LogP contribution in [0.15, 0.2) is 24.3 Å². The molecule has 0 spiro atoms. The van der Waals surface area contributed by atoms with Crippen molar-refractivity contribution in [2.75, 3.05) is 0 Å². The summed E-state index contributed by atoms with van der Waals surface area (Å²) >= 11 is 0. The first-order valence-corrected chi connectivity index (χ1v) is 6.33. The van der Waals surface area contributed by atoms with Gasteiger partial charge in [0.1, 0.15) is 5.69 Å². The number of nitrogens with zero attached hydrogens (tertiary/aromatic N) is 3. The second-order valence-electron chi connectivity index (χ2n) is 4.68. The first-order valence-electron chi connectivity index (χ1n) is 6.33. The molecule has 0 unspecified atom stereocenters. The average Bonchev–Trinajstić information content (AvgIpc) is 3.18. The molecule has 1 aromatic carbocycles. The number of benzene rings is 1. The van der Waals surface area contributed by atoms with Gasteiger partial charge in [0.15, 0.2) is 6.29 Å². The predicted octanol–water partition coefficient (Wildman–Crippen LogP) is 2.52. The van der Waals surface area contributed by atoms with Gasteiger partial charge in [0, 0.05) is 5.92 Å². The van der Waals surface area contributed by atoms with E-state index in [0.717, 1.165) is 36.9 Å². The molecule has 3 rings (SSSR count). The van der Waals surface area contributed by atoms with E-state index in [-0.39, 0.29) is 0 Å². The van der Waals surface area contributed by atoms with Crippen LogP contribution in [0.3, 0.4) is 0 Å². The van der Waals surface area contributed by atoms with E-state index in [4.69, 9.17) is 0 Å². The summed E-state index contributed by atoms with van der Waals surface area (Å²) in [6.07, 6.45) is 4.08. The van der Waals surface area contributed by atoms with Crippen LogP contribution in [0, 0.1) is 0 Å². The summed E-state index contributed by atoms with van der Waals surface area (Å²) in [6.45, 7) is 2.13. The first-order chi connectivity index (χ1) is 8.83. The second kappa shape index (κ2) is 4.37. The Balaban J connectivity index is 2.04. The van der Waals surface area contributed by atoms with Crippen molar-refractivity contribution in [3.05, 3.63) is 41.2 Å². The molecule has 1 saturated carbocycles. The molecule has 0 bridgehead atoms. The number of carbonyl (C=O) groups excluding carboxylic acids is 1. The van der Waals surface area contributed by atoms with Crippen LogP contribution in [0.2, 0.25) is 0 Å². The van der Waals surface area contributed by atoms with Crippen LogP contribution in [0.4, 0.5) is 0 Å². The molecule has 1 aliphatic rings. The smallest absolute Gasteiger partial charge is 0.172 e. The minimum atomic E-state index is 0.450. The summed E-state index contributed by atoms with van der Waals surface area (Å²) in [5.41, 5.74) is 3.73. The fraction of sp³-hybridized carbons (Fsp3) is 0.357. The number of hydrogen-bond acceptors (Lipinski definition) is 3. The van der Waals surface area contributed by atoms with Crippen LogP contribution < -0.4 is 0 Å². The quantitative estimate of drug-likeness (QED) is 0.773. The van der Waals surface area contributed by atoms with Gasteiger partial charge in [-0.15, -0.1) is 5.10 Å². The lowest BCUT2D eigenvalue weighted by atomic mass is 10.1.